The second-order valence-corrected chi connectivity index (χ2v) is 4.10. The highest BCUT2D eigenvalue weighted by Gasteiger charge is 2.24. The molecule has 1 atom stereocenters. The van der Waals surface area contributed by atoms with Gasteiger partial charge in [-0.05, 0) is 6.92 Å². The Kier molecular flexibility index (Phi) is 2.98. The molecular weight excluding hydrogens is 195 g/mol. The number of nitrogens with zero attached hydrogens (tertiary/aromatic N) is 2. The van der Waals surface area contributed by atoms with E-state index in [0.29, 0.717) is 6.67 Å². The minimum absolute atomic E-state index is 0.571. The third kappa shape index (κ3) is 3.36. The Bertz CT molecular complexity index is 251. The van der Waals surface area contributed by atoms with E-state index < -0.39 is 14.1 Å². The molecule has 0 aromatic rings. The largest absolute Gasteiger partial charge is 0.471 e. The predicted octanol–water partition coefficient (Wildman–Crippen LogP) is 0.118. The number of rotatable bonds is 3. The summed E-state index contributed by atoms with van der Waals surface area (Å²) in [7, 11) is -2.53. The zero-order valence-electron chi connectivity index (χ0n) is 7.49. The van der Waals surface area contributed by atoms with Crippen molar-refractivity contribution in [2.75, 3.05) is 13.7 Å². The van der Waals surface area contributed by atoms with E-state index in [4.69, 9.17) is 9.79 Å². The molecule has 1 heterocycles. The van der Waals surface area contributed by atoms with Crippen LogP contribution in [0.4, 0.5) is 0 Å². The summed E-state index contributed by atoms with van der Waals surface area (Å²) in [4.78, 5) is 20.6. The first-order valence-electron chi connectivity index (χ1n) is 3.77. The fourth-order valence-electron chi connectivity index (χ4n) is 1.05. The van der Waals surface area contributed by atoms with Crippen LogP contribution in [0.5, 0.6) is 0 Å². The van der Waals surface area contributed by atoms with Crippen LogP contribution in [0.1, 0.15) is 6.92 Å². The summed E-state index contributed by atoms with van der Waals surface area (Å²) in [6.07, 6.45) is 2.90. The van der Waals surface area contributed by atoms with E-state index in [-0.39, 0.29) is 0 Å². The maximum Gasteiger partial charge on any atom is 0.471 e. The molecule has 0 amide bonds. The zero-order chi connectivity index (χ0) is 10.1. The van der Waals surface area contributed by atoms with Crippen LogP contribution in [0.25, 0.3) is 0 Å². The monoisotopic (exact) mass is 208 g/mol. The standard InChI is InChI=1S/C6H13N2O4P/c1-6(12-13(9,10)11)8-4-3-7(2)5-8/h3-4,6H,5H2,1-2H3,(H2,9,10,11). The molecule has 13 heavy (non-hydrogen) atoms. The fraction of sp³-hybridized carbons (Fsp3) is 0.667. The van der Waals surface area contributed by atoms with Gasteiger partial charge in [0.05, 0.1) is 6.67 Å². The summed E-state index contributed by atoms with van der Waals surface area (Å²) >= 11 is 0. The summed E-state index contributed by atoms with van der Waals surface area (Å²) in [6.45, 7) is 2.16. The SMILES string of the molecule is CC(OP(=O)(O)O)N1C=CN(C)C1. The van der Waals surface area contributed by atoms with Crippen molar-refractivity contribution in [3.63, 3.8) is 0 Å². The summed E-state index contributed by atoms with van der Waals surface area (Å²) < 4.78 is 15.0. The van der Waals surface area contributed by atoms with Gasteiger partial charge in [0.1, 0.15) is 6.23 Å². The zero-order valence-corrected chi connectivity index (χ0v) is 8.39. The molecule has 0 saturated heterocycles. The van der Waals surface area contributed by atoms with Gasteiger partial charge in [-0.1, -0.05) is 0 Å². The van der Waals surface area contributed by atoms with Crippen molar-refractivity contribution in [3.05, 3.63) is 12.4 Å². The minimum atomic E-state index is -4.39. The van der Waals surface area contributed by atoms with E-state index >= 15 is 0 Å². The smallest absolute Gasteiger partial charge is 0.362 e. The molecule has 7 heteroatoms. The van der Waals surface area contributed by atoms with Crippen molar-refractivity contribution in [1.82, 2.24) is 9.80 Å². The molecule has 6 nitrogen and oxygen atoms in total. The highest BCUT2D eigenvalue weighted by Crippen LogP contribution is 2.38. The van der Waals surface area contributed by atoms with E-state index in [9.17, 15) is 4.57 Å². The molecular formula is C6H13N2O4P. The number of phosphoric acid groups is 1. The molecule has 0 radical (unpaired) electrons. The van der Waals surface area contributed by atoms with Crippen LogP contribution < -0.4 is 0 Å². The normalized spacial score (nSPS) is 19.7. The first-order chi connectivity index (χ1) is 5.88. The highest BCUT2D eigenvalue weighted by atomic mass is 31.2. The fourth-order valence-corrected chi connectivity index (χ4v) is 1.57. The Morgan fingerprint density at radius 3 is 2.54 bits per heavy atom. The maximum absolute atomic E-state index is 10.5. The second-order valence-electron chi connectivity index (χ2n) is 2.91. The molecule has 1 aliphatic heterocycles. The van der Waals surface area contributed by atoms with E-state index in [0.717, 1.165) is 0 Å². The van der Waals surface area contributed by atoms with Crippen molar-refractivity contribution >= 4 is 7.82 Å². The molecule has 0 bridgehead atoms. The summed E-state index contributed by atoms with van der Waals surface area (Å²) in [6, 6.07) is 0. The summed E-state index contributed by atoms with van der Waals surface area (Å²) in [5.74, 6) is 0. The van der Waals surface area contributed by atoms with Crippen LogP contribution in [0.2, 0.25) is 0 Å². The molecule has 1 rings (SSSR count). The Labute approximate surface area is 76.6 Å². The summed E-state index contributed by atoms with van der Waals surface area (Å²) in [5, 5.41) is 0. The van der Waals surface area contributed by atoms with Gasteiger partial charge in [-0.3, -0.25) is 4.52 Å². The van der Waals surface area contributed by atoms with Gasteiger partial charge in [0.25, 0.3) is 0 Å². The lowest BCUT2D eigenvalue weighted by Gasteiger charge is -2.25. The highest BCUT2D eigenvalue weighted by molar-refractivity contribution is 7.46. The Hall–Kier alpha value is -0.550. The first-order valence-corrected chi connectivity index (χ1v) is 5.30. The lowest BCUT2D eigenvalue weighted by atomic mass is 10.6. The van der Waals surface area contributed by atoms with Gasteiger partial charge in [-0.2, -0.15) is 0 Å². The van der Waals surface area contributed by atoms with Crippen LogP contribution in [0.3, 0.4) is 0 Å². The van der Waals surface area contributed by atoms with Crippen LogP contribution in [-0.4, -0.2) is 39.5 Å². The minimum Gasteiger partial charge on any atom is -0.362 e. The predicted molar refractivity (Wildman–Crippen MR) is 46.2 cm³/mol. The number of hydrogen-bond acceptors (Lipinski definition) is 4. The Morgan fingerprint density at radius 2 is 2.15 bits per heavy atom. The van der Waals surface area contributed by atoms with Crippen molar-refractivity contribution in [1.29, 1.82) is 0 Å². The van der Waals surface area contributed by atoms with Gasteiger partial charge in [-0.15, -0.1) is 0 Å². The van der Waals surface area contributed by atoms with Crippen molar-refractivity contribution < 1.29 is 18.9 Å². The van der Waals surface area contributed by atoms with Gasteiger partial charge in [0.2, 0.25) is 0 Å². The summed E-state index contributed by atoms with van der Waals surface area (Å²) in [5.41, 5.74) is 0. The second kappa shape index (κ2) is 3.67. The van der Waals surface area contributed by atoms with Crippen LogP contribution in [0.15, 0.2) is 12.4 Å². The lowest BCUT2D eigenvalue weighted by molar-refractivity contribution is 0.0380. The van der Waals surface area contributed by atoms with Crippen LogP contribution >= 0.6 is 7.82 Å². The average molecular weight is 208 g/mol. The molecule has 0 fully saturated rings. The molecule has 1 unspecified atom stereocenters. The van der Waals surface area contributed by atoms with E-state index in [2.05, 4.69) is 4.52 Å². The third-order valence-electron chi connectivity index (χ3n) is 1.66. The molecule has 0 aliphatic carbocycles. The molecule has 0 saturated carbocycles. The molecule has 0 aromatic carbocycles. The lowest BCUT2D eigenvalue weighted by Crippen LogP contribution is -2.31. The maximum atomic E-state index is 10.5. The Morgan fingerprint density at radius 1 is 1.54 bits per heavy atom. The van der Waals surface area contributed by atoms with Crippen LogP contribution in [-0.2, 0) is 9.09 Å². The molecule has 2 N–H and O–H groups in total. The molecule has 76 valence electrons. The topological polar surface area (TPSA) is 73.2 Å². The molecule has 1 aliphatic rings. The number of phosphoric ester groups is 1. The van der Waals surface area contributed by atoms with Crippen LogP contribution in [0, 0.1) is 0 Å². The average Bonchev–Trinajstić information content (AvgIpc) is 2.31. The van der Waals surface area contributed by atoms with Gasteiger partial charge < -0.3 is 19.6 Å². The van der Waals surface area contributed by atoms with E-state index in [1.165, 1.54) is 0 Å². The van der Waals surface area contributed by atoms with Gasteiger partial charge in [0, 0.05) is 19.4 Å². The van der Waals surface area contributed by atoms with Gasteiger partial charge >= 0.3 is 7.82 Å². The Balaban J connectivity index is 2.46. The first kappa shape index (κ1) is 10.5. The van der Waals surface area contributed by atoms with Crippen molar-refractivity contribution in [3.8, 4) is 0 Å². The van der Waals surface area contributed by atoms with E-state index in [1.54, 1.807) is 24.2 Å². The number of hydrogen-bond donors (Lipinski definition) is 2. The van der Waals surface area contributed by atoms with Gasteiger partial charge in [-0.25, -0.2) is 4.57 Å². The van der Waals surface area contributed by atoms with Gasteiger partial charge in [0.15, 0.2) is 0 Å². The van der Waals surface area contributed by atoms with Crippen molar-refractivity contribution in [2.45, 2.75) is 13.2 Å². The quantitative estimate of drug-likeness (QED) is 0.641. The van der Waals surface area contributed by atoms with Crippen molar-refractivity contribution in [2.24, 2.45) is 0 Å². The molecule has 0 spiro atoms. The van der Waals surface area contributed by atoms with E-state index in [1.807, 2.05) is 11.9 Å². The molecule has 0 aromatic heterocycles. The third-order valence-corrected chi connectivity index (χ3v) is 2.24.